The van der Waals surface area contributed by atoms with Crippen LogP contribution in [0.3, 0.4) is 0 Å². The van der Waals surface area contributed by atoms with E-state index in [-0.39, 0.29) is 0 Å². The topological polar surface area (TPSA) is 87.7 Å². The van der Waals surface area contributed by atoms with Crippen LogP contribution in [0.1, 0.15) is 47.0 Å². The zero-order chi connectivity index (χ0) is 14.9. The zero-order valence-corrected chi connectivity index (χ0v) is 12.3. The third kappa shape index (κ3) is 8.42. The van der Waals surface area contributed by atoms with Gasteiger partial charge in [-0.1, -0.05) is 19.8 Å². The molecular formula is C13H26N2O4. The van der Waals surface area contributed by atoms with Crippen molar-refractivity contribution in [1.29, 1.82) is 0 Å². The molecule has 0 saturated carbocycles. The van der Waals surface area contributed by atoms with Crippen LogP contribution in [0.2, 0.25) is 0 Å². The van der Waals surface area contributed by atoms with Gasteiger partial charge in [-0.3, -0.25) is 0 Å². The fourth-order valence-electron chi connectivity index (χ4n) is 1.61. The number of carbonyl (C=O) groups is 2. The zero-order valence-electron chi connectivity index (χ0n) is 12.3. The molecule has 6 nitrogen and oxygen atoms in total. The van der Waals surface area contributed by atoms with Gasteiger partial charge in [0.05, 0.1) is 5.60 Å². The molecule has 0 saturated heterocycles. The Morgan fingerprint density at radius 2 is 1.95 bits per heavy atom. The molecule has 0 radical (unpaired) electrons. The first-order chi connectivity index (χ1) is 8.82. The second kappa shape index (κ2) is 8.74. The number of unbranched alkanes of at least 4 members (excludes halogenated alkanes) is 1. The maximum absolute atomic E-state index is 11.6. The second-order valence-electron chi connectivity index (χ2n) is 5.05. The lowest BCUT2D eigenvalue weighted by atomic mass is 10.1. The molecule has 0 rings (SSSR count). The lowest BCUT2D eigenvalue weighted by Gasteiger charge is -2.25. The molecule has 6 heteroatoms. The maximum atomic E-state index is 11.6. The smallest absolute Gasteiger partial charge is 0.326 e. The summed E-state index contributed by atoms with van der Waals surface area (Å²) >= 11 is 0. The minimum Gasteiger partial charge on any atom is -0.480 e. The van der Waals surface area contributed by atoms with Gasteiger partial charge in [-0.15, -0.1) is 0 Å². The van der Waals surface area contributed by atoms with Crippen molar-refractivity contribution in [3.63, 3.8) is 0 Å². The molecule has 0 fully saturated rings. The van der Waals surface area contributed by atoms with Crippen LogP contribution in [0.4, 0.5) is 4.79 Å². The fourth-order valence-corrected chi connectivity index (χ4v) is 1.61. The highest BCUT2D eigenvalue weighted by molar-refractivity contribution is 5.82. The molecule has 0 spiro atoms. The van der Waals surface area contributed by atoms with Gasteiger partial charge in [0, 0.05) is 13.2 Å². The summed E-state index contributed by atoms with van der Waals surface area (Å²) in [4.78, 5) is 22.6. The molecule has 0 aromatic carbocycles. The van der Waals surface area contributed by atoms with E-state index in [0.717, 1.165) is 12.8 Å². The van der Waals surface area contributed by atoms with E-state index in [2.05, 4.69) is 10.6 Å². The fraction of sp³-hybridized carbons (Fsp3) is 0.846. The number of amides is 2. The third-order valence-electron chi connectivity index (χ3n) is 2.66. The van der Waals surface area contributed by atoms with Crippen LogP contribution < -0.4 is 10.6 Å². The largest absolute Gasteiger partial charge is 0.480 e. The van der Waals surface area contributed by atoms with Crippen LogP contribution in [0.5, 0.6) is 0 Å². The van der Waals surface area contributed by atoms with Crippen molar-refractivity contribution >= 4 is 12.0 Å². The summed E-state index contributed by atoms with van der Waals surface area (Å²) in [6, 6.07) is -1.31. The lowest BCUT2D eigenvalue weighted by molar-refractivity contribution is -0.139. The van der Waals surface area contributed by atoms with E-state index in [9.17, 15) is 9.59 Å². The minimum atomic E-state index is -1.01. The Morgan fingerprint density at radius 1 is 1.32 bits per heavy atom. The standard InChI is InChI=1S/C13H26N2O4/c1-5-7-8-10(11(16)17)15-12(18)14-9-13(3,4)19-6-2/h10H,5-9H2,1-4H3,(H,16,17)(H2,14,15,18). The first-order valence-corrected chi connectivity index (χ1v) is 6.73. The van der Waals surface area contributed by atoms with Crippen molar-refractivity contribution in [1.82, 2.24) is 10.6 Å². The molecular weight excluding hydrogens is 248 g/mol. The van der Waals surface area contributed by atoms with Crippen molar-refractivity contribution in [2.24, 2.45) is 0 Å². The Kier molecular flexibility index (Phi) is 8.14. The highest BCUT2D eigenvalue weighted by Crippen LogP contribution is 2.06. The van der Waals surface area contributed by atoms with Crippen LogP contribution in [-0.4, -0.2) is 41.9 Å². The molecule has 2 amide bonds. The number of urea groups is 1. The second-order valence-corrected chi connectivity index (χ2v) is 5.05. The molecule has 0 aromatic heterocycles. The van der Waals surface area contributed by atoms with Gasteiger partial charge in [0.2, 0.25) is 0 Å². The van der Waals surface area contributed by atoms with Crippen LogP contribution in [-0.2, 0) is 9.53 Å². The van der Waals surface area contributed by atoms with Gasteiger partial charge in [-0.05, 0) is 27.2 Å². The highest BCUT2D eigenvalue weighted by Gasteiger charge is 2.22. The molecule has 3 N–H and O–H groups in total. The molecule has 0 bridgehead atoms. The van der Waals surface area contributed by atoms with E-state index < -0.39 is 23.6 Å². The average Bonchev–Trinajstić information content (AvgIpc) is 2.31. The first kappa shape index (κ1) is 17.7. The molecule has 0 aliphatic rings. The lowest BCUT2D eigenvalue weighted by Crippen LogP contribution is -2.49. The van der Waals surface area contributed by atoms with Gasteiger partial charge in [0.1, 0.15) is 6.04 Å². The van der Waals surface area contributed by atoms with Crippen LogP contribution in [0, 0.1) is 0 Å². The monoisotopic (exact) mass is 274 g/mol. The normalized spacial score (nSPS) is 12.8. The van der Waals surface area contributed by atoms with Crippen LogP contribution >= 0.6 is 0 Å². The number of nitrogens with one attached hydrogen (secondary N) is 2. The summed E-state index contributed by atoms with van der Waals surface area (Å²) in [5.41, 5.74) is -0.464. The van der Waals surface area contributed by atoms with Gasteiger partial charge in [-0.25, -0.2) is 9.59 Å². The highest BCUT2D eigenvalue weighted by atomic mass is 16.5. The number of rotatable bonds is 9. The van der Waals surface area contributed by atoms with Gasteiger partial charge in [0.25, 0.3) is 0 Å². The van der Waals surface area contributed by atoms with E-state index in [1.807, 2.05) is 27.7 Å². The van der Waals surface area contributed by atoms with Crippen molar-refractivity contribution in [2.75, 3.05) is 13.2 Å². The Bertz CT molecular complexity index is 292. The summed E-state index contributed by atoms with van der Waals surface area (Å²) in [6.45, 7) is 8.47. The summed E-state index contributed by atoms with van der Waals surface area (Å²) in [5.74, 6) is -1.01. The molecule has 112 valence electrons. The average molecular weight is 274 g/mol. The predicted octanol–water partition coefficient (Wildman–Crippen LogP) is 1.74. The molecule has 1 unspecified atom stereocenters. The predicted molar refractivity (Wildman–Crippen MR) is 73.2 cm³/mol. The van der Waals surface area contributed by atoms with Gasteiger partial charge >= 0.3 is 12.0 Å². The molecule has 0 heterocycles. The maximum Gasteiger partial charge on any atom is 0.326 e. The Morgan fingerprint density at radius 3 is 2.42 bits per heavy atom. The first-order valence-electron chi connectivity index (χ1n) is 6.73. The van der Waals surface area contributed by atoms with E-state index >= 15 is 0 Å². The summed E-state index contributed by atoms with van der Waals surface area (Å²) < 4.78 is 5.44. The van der Waals surface area contributed by atoms with Gasteiger partial charge < -0.3 is 20.5 Å². The quantitative estimate of drug-likeness (QED) is 0.597. The van der Waals surface area contributed by atoms with Crippen molar-refractivity contribution in [2.45, 2.75) is 58.6 Å². The number of aliphatic carboxylic acids is 1. The van der Waals surface area contributed by atoms with Gasteiger partial charge in [0.15, 0.2) is 0 Å². The van der Waals surface area contributed by atoms with Crippen LogP contribution in [0.25, 0.3) is 0 Å². The Labute approximate surface area is 114 Å². The Hall–Kier alpha value is -1.30. The van der Waals surface area contributed by atoms with E-state index in [4.69, 9.17) is 9.84 Å². The molecule has 0 aliphatic heterocycles. The number of carboxylic acid groups (broad SMARTS) is 1. The summed E-state index contributed by atoms with van der Waals surface area (Å²) in [7, 11) is 0. The molecule has 1 atom stereocenters. The number of carboxylic acids is 1. The molecule has 0 aliphatic carbocycles. The Balaban J connectivity index is 4.16. The number of ether oxygens (including phenoxy) is 1. The van der Waals surface area contributed by atoms with Crippen LogP contribution in [0.15, 0.2) is 0 Å². The van der Waals surface area contributed by atoms with E-state index in [0.29, 0.717) is 19.6 Å². The number of hydrogen-bond donors (Lipinski definition) is 3. The van der Waals surface area contributed by atoms with E-state index in [1.165, 1.54) is 0 Å². The number of carbonyl (C=O) groups excluding carboxylic acids is 1. The molecule has 0 aromatic rings. The SMILES string of the molecule is CCCCC(NC(=O)NCC(C)(C)OCC)C(=O)O. The summed E-state index contributed by atoms with van der Waals surface area (Å²) in [6.07, 6.45) is 2.10. The van der Waals surface area contributed by atoms with Gasteiger partial charge in [-0.2, -0.15) is 0 Å². The summed E-state index contributed by atoms with van der Waals surface area (Å²) in [5, 5.41) is 14.1. The molecule has 19 heavy (non-hydrogen) atoms. The van der Waals surface area contributed by atoms with Crippen molar-refractivity contribution in [3.05, 3.63) is 0 Å². The minimum absolute atomic E-state index is 0.326. The van der Waals surface area contributed by atoms with Crippen molar-refractivity contribution < 1.29 is 19.4 Å². The van der Waals surface area contributed by atoms with Crippen molar-refractivity contribution in [3.8, 4) is 0 Å². The number of hydrogen-bond acceptors (Lipinski definition) is 3. The van der Waals surface area contributed by atoms with E-state index in [1.54, 1.807) is 0 Å². The third-order valence-corrected chi connectivity index (χ3v) is 2.66.